The molecule has 3 heteroatoms. The van der Waals surface area contributed by atoms with E-state index in [0.717, 1.165) is 17.6 Å². The Bertz CT molecular complexity index is 536. The average Bonchev–Trinajstić information content (AvgIpc) is 2.98. The summed E-state index contributed by atoms with van der Waals surface area (Å²) in [5, 5.41) is 3.87. The lowest BCUT2D eigenvalue weighted by Crippen LogP contribution is -2.46. The Morgan fingerprint density at radius 1 is 1.25 bits per heavy atom. The minimum atomic E-state index is 0.390. The van der Waals surface area contributed by atoms with Crippen molar-refractivity contribution < 1.29 is 0 Å². The van der Waals surface area contributed by atoms with Crippen LogP contribution in [0.5, 0.6) is 0 Å². The number of anilines is 1. The molecule has 1 heterocycles. The van der Waals surface area contributed by atoms with Gasteiger partial charge < -0.3 is 9.88 Å². The van der Waals surface area contributed by atoms with E-state index in [2.05, 4.69) is 43.8 Å². The van der Waals surface area contributed by atoms with E-state index in [-0.39, 0.29) is 0 Å². The highest BCUT2D eigenvalue weighted by atomic mass is 15.2. The van der Waals surface area contributed by atoms with Gasteiger partial charge >= 0.3 is 0 Å². The summed E-state index contributed by atoms with van der Waals surface area (Å²) in [5.74, 6) is 2.01. The smallest absolute Gasteiger partial charge is 0.203 e. The van der Waals surface area contributed by atoms with Crippen molar-refractivity contribution >= 4 is 5.95 Å². The molecule has 3 aliphatic rings. The van der Waals surface area contributed by atoms with Crippen molar-refractivity contribution in [3.63, 3.8) is 0 Å². The van der Waals surface area contributed by atoms with E-state index in [1.54, 1.807) is 0 Å². The highest BCUT2D eigenvalue weighted by Crippen LogP contribution is 2.63. The lowest BCUT2D eigenvalue weighted by atomic mass is 9.68. The van der Waals surface area contributed by atoms with Crippen LogP contribution >= 0.6 is 0 Å². The Kier molecular flexibility index (Phi) is 2.42. The fourth-order valence-corrected chi connectivity index (χ4v) is 5.05. The predicted octanol–water partition coefficient (Wildman–Crippen LogP) is 4.15. The summed E-state index contributed by atoms with van der Waals surface area (Å²) in [6, 6.07) is 1.27. The van der Waals surface area contributed by atoms with Crippen molar-refractivity contribution in [2.45, 2.75) is 71.9 Å². The van der Waals surface area contributed by atoms with Crippen LogP contribution in [0, 0.1) is 23.7 Å². The predicted molar refractivity (Wildman–Crippen MR) is 81.9 cm³/mol. The van der Waals surface area contributed by atoms with Gasteiger partial charge in [0.15, 0.2) is 0 Å². The second-order valence-corrected chi connectivity index (χ2v) is 8.34. The number of hydrogen-bond acceptors (Lipinski definition) is 2. The van der Waals surface area contributed by atoms with Crippen LogP contribution in [0.1, 0.15) is 64.6 Å². The van der Waals surface area contributed by atoms with Gasteiger partial charge in [0.1, 0.15) is 0 Å². The van der Waals surface area contributed by atoms with Crippen LogP contribution in [0.25, 0.3) is 0 Å². The first-order valence-corrected chi connectivity index (χ1v) is 8.22. The number of rotatable bonds is 3. The second kappa shape index (κ2) is 3.80. The summed E-state index contributed by atoms with van der Waals surface area (Å²) < 4.78 is 2.39. The van der Waals surface area contributed by atoms with Crippen molar-refractivity contribution in [1.82, 2.24) is 9.55 Å². The van der Waals surface area contributed by atoms with Crippen LogP contribution in [0.15, 0.2) is 6.20 Å². The molecule has 3 unspecified atom stereocenters. The molecule has 3 atom stereocenters. The van der Waals surface area contributed by atoms with E-state index in [0.29, 0.717) is 22.9 Å². The van der Waals surface area contributed by atoms with Gasteiger partial charge in [0.25, 0.3) is 0 Å². The third-order valence-corrected chi connectivity index (χ3v) is 6.34. The first-order valence-electron chi connectivity index (χ1n) is 8.22. The van der Waals surface area contributed by atoms with E-state index < -0.39 is 0 Å². The zero-order valence-corrected chi connectivity index (χ0v) is 13.2. The fourth-order valence-electron chi connectivity index (χ4n) is 5.05. The highest BCUT2D eigenvalue weighted by molar-refractivity contribution is 5.36. The molecule has 0 spiro atoms. The number of nitrogens with one attached hydrogen (secondary N) is 1. The molecular weight excluding hydrogens is 246 g/mol. The molecular formula is C17H27N3. The van der Waals surface area contributed by atoms with E-state index in [1.807, 2.05) is 0 Å². The molecule has 0 radical (unpaired) electrons. The fraction of sp³-hybridized carbons (Fsp3) is 0.824. The topological polar surface area (TPSA) is 29.9 Å². The molecule has 110 valence electrons. The molecule has 3 saturated carbocycles. The maximum atomic E-state index is 4.77. The van der Waals surface area contributed by atoms with Crippen LogP contribution in [0.4, 0.5) is 5.95 Å². The molecule has 1 aromatic rings. The summed E-state index contributed by atoms with van der Waals surface area (Å²) in [6.45, 7) is 9.50. The highest BCUT2D eigenvalue weighted by Gasteiger charge is 2.59. The molecule has 0 aromatic carbocycles. The molecule has 20 heavy (non-hydrogen) atoms. The number of imidazole rings is 1. The molecule has 3 nitrogen and oxygen atoms in total. The molecule has 1 N–H and O–H groups in total. The average molecular weight is 273 g/mol. The van der Waals surface area contributed by atoms with Gasteiger partial charge in [-0.05, 0) is 55.8 Å². The van der Waals surface area contributed by atoms with Gasteiger partial charge in [0.2, 0.25) is 5.95 Å². The third-order valence-electron chi connectivity index (χ3n) is 6.34. The standard InChI is InChI=1S/C17H27N3/c1-11-10-20(13-5-6-13)15(18-11)19-14-16(2,3)12-7-8-17(14,4)9-12/h10,12-14H,5-9H2,1-4H3,(H,18,19). The van der Waals surface area contributed by atoms with E-state index >= 15 is 0 Å². The maximum absolute atomic E-state index is 4.77. The number of fused-ring (bicyclic) bond motifs is 2. The largest absolute Gasteiger partial charge is 0.352 e. The van der Waals surface area contributed by atoms with E-state index in [1.165, 1.54) is 32.1 Å². The van der Waals surface area contributed by atoms with E-state index in [4.69, 9.17) is 4.98 Å². The van der Waals surface area contributed by atoms with Gasteiger partial charge in [0.05, 0.1) is 5.69 Å². The van der Waals surface area contributed by atoms with Crippen molar-refractivity contribution in [3.05, 3.63) is 11.9 Å². The van der Waals surface area contributed by atoms with Gasteiger partial charge in [0, 0.05) is 18.3 Å². The molecule has 3 fully saturated rings. The van der Waals surface area contributed by atoms with Crippen molar-refractivity contribution in [2.24, 2.45) is 16.7 Å². The van der Waals surface area contributed by atoms with Crippen LogP contribution in [0.2, 0.25) is 0 Å². The molecule has 3 aliphatic carbocycles. The number of nitrogens with zero attached hydrogens (tertiary/aromatic N) is 2. The van der Waals surface area contributed by atoms with Gasteiger partial charge in [-0.2, -0.15) is 0 Å². The Hall–Kier alpha value is -0.990. The zero-order chi connectivity index (χ0) is 14.1. The Balaban J connectivity index is 1.65. The van der Waals surface area contributed by atoms with Crippen LogP contribution in [0.3, 0.4) is 0 Å². The third kappa shape index (κ3) is 1.68. The van der Waals surface area contributed by atoms with Crippen LogP contribution < -0.4 is 5.32 Å². The monoisotopic (exact) mass is 273 g/mol. The minimum Gasteiger partial charge on any atom is -0.352 e. The molecule has 2 bridgehead atoms. The van der Waals surface area contributed by atoms with Crippen molar-refractivity contribution in [2.75, 3.05) is 5.32 Å². The number of hydrogen-bond donors (Lipinski definition) is 1. The number of aromatic nitrogens is 2. The Morgan fingerprint density at radius 3 is 2.60 bits per heavy atom. The molecule has 1 aromatic heterocycles. The Labute approximate surface area is 122 Å². The lowest BCUT2D eigenvalue weighted by Gasteiger charge is -2.43. The molecule has 0 saturated heterocycles. The minimum absolute atomic E-state index is 0.390. The summed E-state index contributed by atoms with van der Waals surface area (Å²) in [7, 11) is 0. The van der Waals surface area contributed by atoms with Gasteiger partial charge in [-0.15, -0.1) is 0 Å². The normalized spacial score (nSPS) is 38.4. The summed E-state index contributed by atoms with van der Waals surface area (Å²) in [4.78, 5) is 4.77. The van der Waals surface area contributed by atoms with E-state index in [9.17, 15) is 0 Å². The summed E-state index contributed by atoms with van der Waals surface area (Å²) >= 11 is 0. The molecule has 4 rings (SSSR count). The molecule has 0 amide bonds. The van der Waals surface area contributed by atoms with Crippen molar-refractivity contribution in [3.8, 4) is 0 Å². The van der Waals surface area contributed by atoms with Crippen LogP contribution in [-0.2, 0) is 0 Å². The first-order chi connectivity index (χ1) is 9.40. The lowest BCUT2D eigenvalue weighted by molar-refractivity contribution is 0.154. The summed E-state index contributed by atoms with van der Waals surface area (Å²) in [6.07, 6.45) is 9.04. The second-order valence-electron chi connectivity index (χ2n) is 8.34. The quantitative estimate of drug-likeness (QED) is 0.896. The van der Waals surface area contributed by atoms with Crippen molar-refractivity contribution in [1.29, 1.82) is 0 Å². The van der Waals surface area contributed by atoms with Crippen LogP contribution in [-0.4, -0.2) is 15.6 Å². The maximum Gasteiger partial charge on any atom is 0.203 e. The van der Waals surface area contributed by atoms with Gasteiger partial charge in [-0.3, -0.25) is 0 Å². The number of aryl methyl sites for hydroxylation is 1. The Morgan fingerprint density at radius 2 is 2.00 bits per heavy atom. The molecule has 0 aliphatic heterocycles. The first kappa shape index (κ1) is 12.7. The summed E-state index contributed by atoms with van der Waals surface area (Å²) in [5.41, 5.74) is 1.99. The van der Waals surface area contributed by atoms with Gasteiger partial charge in [-0.25, -0.2) is 4.98 Å². The SMILES string of the molecule is Cc1cn(C2CC2)c(NC2C3(C)CCC(C3)C2(C)C)n1. The van der Waals surface area contributed by atoms with Gasteiger partial charge in [-0.1, -0.05) is 20.8 Å². The zero-order valence-electron chi connectivity index (χ0n) is 13.2.